The molecule has 3 N–H and O–H groups in total. The lowest BCUT2D eigenvalue weighted by Crippen LogP contribution is -2.16. The lowest BCUT2D eigenvalue weighted by molar-refractivity contribution is 0.288. The van der Waals surface area contributed by atoms with Gasteiger partial charge in [0.25, 0.3) is 5.56 Å². The largest absolute Gasteiger partial charge is 0.493 e. The summed E-state index contributed by atoms with van der Waals surface area (Å²) in [6, 6.07) is 7.08. The summed E-state index contributed by atoms with van der Waals surface area (Å²) in [4.78, 5) is 14.4. The third-order valence-corrected chi connectivity index (χ3v) is 4.40. The van der Waals surface area contributed by atoms with E-state index in [9.17, 15) is 15.3 Å². The monoisotopic (exact) mass is 416 g/mol. The summed E-state index contributed by atoms with van der Waals surface area (Å²) in [6.45, 7) is 2.59. The molecular weight excluding hydrogens is 400 g/mol. The van der Waals surface area contributed by atoms with Crippen LogP contribution in [0.1, 0.15) is 30.9 Å². The van der Waals surface area contributed by atoms with E-state index >= 15 is 0 Å². The SMILES string of the molecule is CCCCOc1cc(Br)c(-c2c(C#N)c(N)[nH]c(=O)c2C#N)cc1OC. The number of aromatic nitrogens is 1. The van der Waals surface area contributed by atoms with Crippen molar-refractivity contribution in [1.82, 2.24) is 4.98 Å². The number of hydrogen-bond donors (Lipinski definition) is 2. The van der Waals surface area contributed by atoms with Crippen LogP contribution in [0.2, 0.25) is 0 Å². The second-order valence-corrected chi connectivity index (χ2v) is 6.26. The lowest BCUT2D eigenvalue weighted by Gasteiger charge is -2.15. The molecule has 2 aromatic rings. The molecule has 0 aliphatic carbocycles. The maximum atomic E-state index is 12.1. The molecule has 0 saturated heterocycles. The van der Waals surface area contributed by atoms with Gasteiger partial charge in [0.05, 0.1) is 13.7 Å². The number of nitrogens with one attached hydrogen (secondary N) is 1. The highest BCUT2D eigenvalue weighted by Gasteiger charge is 2.22. The van der Waals surface area contributed by atoms with Crippen LogP contribution in [-0.4, -0.2) is 18.7 Å². The van der Waals surface area contributed by atoms with Crippen LogP contribution in [0.4, 0.5) is 5.82 Å². The van der Waals surface area contributed by atoms with E-state index in [1.807, 2.05) is 12.1 Å². The number of unbranched alkanes of at least 4 members (excludes halogenated alkanes) is 1. The Bertz CT molecular complexity index is 970. The molecule has 2 rings (SSSR count). The van der Waals surface area contributed by atoms with Crippen molar-refractivity contribution in [3.05, 3.63) is 38.1 Å². The van der Waals surface area contributed by atoms with Gasteiger partial charge in [-0.05, 0) is 18.6 Å². The van der Waals surface area contributed by atoms with Gasteiger partial charge in [0.2, 0.25) is 0 Å². The molecule has 0 aliphatic rings. The van der Waals surface area contributed by atoms with Gasteiger partial charge in [0.15, 0.2) is 11.5 Å². The summed E-state index contributed by atoms with van der Waals surface area (Å²) in [5.74, 6) is 0.845. The third-order valence-electron chi connectivity index (χ3n) is 3.75. The number of H-pyrrole nitrogens is 1. The zero-order chi connectivity index (χ0) is 19.3. The van der Waals surface area contributed by atoms with Crippen molar-refractivity contribution in [2.75, 3.05) is 19.5 Å². The average molecular weight is 417 g/mol. The van der Waals surface area contributed by atoms with Crippen molar-refractivity contribution in [3.63, 3.8) is 0 Å². The molecule has 0 unspecified atom stereocenters. The van der Waals surface area contributed by atoms with Gasteiger partial charge in [-0.2, -0.15) is 10.5 Å². The maximum Gasteiger partial charge on any atom is 0.268 e. The molecule has 0 atom stereocenters. The van der Waals surface area contributed by atoms with Gasteiger partial charge in [0.1, 0.15) is 29.1 Å². The quantitative estimate of drug-likeness (QED) is 0.695. The predicted molar refractivity (Wildman–Crippen MR) is 101 cm³/mol. The van der Waals surface area contributed by atoms with Crippen LogP contribution >= 0.6 is 15.9 Å². The van der Waals surface area contributed by atoms with Gasteiger partial charge >= 0.3 is 0 Å². The van der Waals surface area contributed by atoms with E-state index < -0.39 is 5.56 Å². The second-order valence-electron chi connectivity index (χ2n) is 5.40. The van der Waals surface area contributed by atoms with Crippen molar-refractivity contribution < 1.29 is 9.47 Å². The predicted octanol–water partition coefficient (Wildman–Crippen LogP) is 3.32. The fraction of sp³-hybridized carbons (Fsp3) is 0.278. The van der Waals surface area contributed by atoms with Crippen LogP contribution in [-0.2, 0) is 0 Å². The Morgan fingerprint density at radius 2 is 1.92 bits per heavy atom. The number of nitriles is 2. The first-order valence-electron chi connectivity index (χ1n) is 7.85. The summed E-state index contributed by atoms with van der Waals surface area (Å²) >= 11 is 3.42. The number of halogens is 1. The van der Waals surface area contributed by atoms with Crippen LogP contribution in [0.25, 0.3) is 11.1 Å². The molecule has 0 bridgehead atoms. The summed E-state index contributed by atoms with van der Waals surface area (Å²) < 4.78 is 11.6. The van der Waals surface area contributed by atoms with Crippen LogP contribution in [0, 0.1) is 22.7 Å². The number of benzene rings is 1. The molecule has 0 fully saturated rings. The molecule has 1 heterocycles. The lowest BCUT2D eigenvalue weighted by atomic mass is 9.96. The molecule has 1 aromatic carbocycles. The molecule has 0 saturated carbocycles. The molecule has 0 amide bonds. The van der Waals surface area contributed by atoms with Gasteiger partial charge in [-0.3, -0.25) is 4.79 Å². The number of methoxy groups -OCH3 is 1. The van der Waals surface area contributed by atoms with E-state index in [2.05, 4.69) is 27.8 Å². The Hall–Kier alpha value is -2.97. The first-order valence-corrected chi connectivity index (χ1v) is 8.64. The van der Waals surface area contributed by atoms with E-state index in [0.717, 1.165) is 12.8 Å². The van der Waals surface area contributed by atoms with Crippen molar-refractivity contribution in [2.24, 2.45) is 0 Å². The number of nitrogen functional groups attached to an aromatic ring is 1. The van der Waals surface area contributed by atoms with Gasteiger partial charge < -0.3 is 20.2 Å². The Labute approximate surface area is 159 Å². The van der Waals surface area contributed by atoms with Gasteiger partial charge in [-0.15, -0.1) is 0 Å². The first-order chi connectivity index (χ1) is 12.5. The second kappa shape index (κ2) is 8.41. The number of hydrogen-bond acceptors (Lipinski definition) is 6. The van der Waals surface area contributed by atoms with Crippen LogP contribution in [0.5, 0.6) is 11.5 Å². The minimum atomic E-state index is -0.659. The highest BCUT2D eigenvalue weighted by Crippen LogP contribution is 2.41. The van der Waals surface area contributed by atoms with Crippen LogP contribution in [0.3, 0.4) is 0 Å². The zero-order valence-electron chi connectivity index (χ0n) is 14.4. The van der Waals surface area contributed by atoms with E-state index in [1.54, 1.807) is 12.1 Å². The van der Waals surface area contributed by atoms with E-state index in [4.69, 9.17) is 15.2 Å². The Morgan fingerprint density at radius 3 is 2.50 bits per heavy atom. The number of pyridine rings is 1. The van der Waals surface area contributed by atoms with Crippen molar-refractivity contribution in [3.8, 4) is 34.8 Å². The topological polar surface area (TPSA) is 125 Å². The normalized spacial score (nSPS) is 10.0. The minimum Gasteiger partial charge on any atom is -0.493 e. The molecule has 0 aliphatic heterocycles. The van der Waals surface area contributed by atoms with Gasteiger partial charge in [0, 0.05) is 15.6 Å². The maximum absolute atomic E-state index is 12.1. The highest BCUT2D eigenvalue weighted by molar-refractivity contribution is 9.10. The Morgan fingerprint density at radius 1 is 1.23 bits per heavy atom. The number of nitrogens with zero attached hydrogens (tertiary/aromatic N) is 2. The average Bonchev–Trinajstić information content (AvgIpc) is 2.61. The molecule has 1 aromatic heterocycles. The number of nitrogens with two attached hydrogens (primary N) is 1. The number of anilines is 1. The number of aromatic amines is 1. The Balaban J connectivity index is 2.73. The van der Waals surface area contributed by atoms with E-state index in [-0.39, 0.29) is 22.5 Å². The molecule has 0 radical (unpaired) electrons. The summed E-state index contributed by atoms with van der Waals surface area (Å²) in [6.07, 6.45) is 1.88. The smallest absolute Gasteiger partial charge is 0.268 e. The number of rotatable bonds is 6. The number of ether oxygens (including phenoxy) is 2. The molecule has 7 nitrogen and oxygen atoms in total. The fourth-order valence-electron chi connectivity index (χ4n) is 2.44. The van der Waals surface area contributed by atoms with Gasteiger partial charge in [-0.1, -0.05) is 29.3 Å². The van der Waals surface area contributed by atoms with Crippen LogP contribution < -0.4 is 20.8 Å². The Kier molecular flexibility index (Phi) is 6.26. The molecule has 26 heavy (non-hydrogen) atoms. The van der Waals surface area contributed by atoms with Crippen LogP contribution in [0.15, 0.2) is 21.4 Å². The molecule has 0 spiro atoms. The molecule has 8 heteroatoms. The van der Waals surface area contributed by atoms with Crippen molar-refractivity contribution in [1.29, 1.82) is 10.5 Å². The highest BCUT2D eigenvalue weighted by atomic mass is 79.9. The minimum absolute atomic E-state index is 0.0172. The molecule has 134 valence electrons. The summed E-state index contributed by atoms with van der Waals surface area (Å²) in [5.41, 5.74) is 5.52. The first kappa shape index (κ1) is 19.4. The zero-order valence-corrected chi connectivity index (χ0v) is 15.9. The van der Waals surface area contributed by atoms with Crippen molar-refractivity contribution in [2.45, 2.75) is 19.8 Å². The standard InChI is InChI=1S/C18H17BrN4O3/c1-3-4-5-26-15-7-13(19)10(6-14(15)25-2)16-11(8-20)17(22)23-18(24)12(16)9-21/h6-7H,3-5H2,1-2H3,(H3,22,23,24). The fourth-order valence-corrected chi connectivity index (χ4v) is 2.96. The van der Waals surface area contributed by atoms with E-state index in [1.165, 1.54) is 7.11 Å². The van der Waals surface area contributed by atoms with E-state index in [0.29, 0.717) is 28.1 Å². The summed E-state index contributed by atoms with van der Waals surface area (Å²) in [7, 11) is 1.49. The van der Waals surface area contributed by atoms with Crippen molar-refractivity contribution >= 4 is 21.7 Å². The third kappa shape index (κ3) is 3.66. The van der Waals surface area contributed by atoms with Gasteiger partial charge in [-0.25, -0.2) is 0 Å². The summed E-state index contributed by atoms with van der Waals surface area (Å²) in [5, 5.41) is 18.8. The molecular formula is C18H17BrN4O3.